The molecule has 0 unspecified atom stereocenters. The van der Waals surface area contributed by atoms with Crippen molar-refractivity contribution in [2.24, 2.45) is 5.92 Å². The highest BCUT2D eigenvalue weighted by atomic mass is 35.5. The number of amides is 1. The molecule has 102 valence electrons. The first-order valence-electron chi connectivity index (χ1n) is 6.22. The quantitative estimate of drug-likeness (QED) is 0.618. The largest absolute Gasteiger partial charge is 0.339 e. The molecule has 1 aromatic rings. The van der Waals surface area contributed by atoms with Crippen molar-refractivity contribution in [2.45, 2.75) is 19.8 Å². The standard InChI is InChI=1S/C13H15ClN2O3/c1-9-4-6-15(7-5-9)13(17)11-3-2-10(16(18)19)8-12(11)14/h2-3,8-9H,4-7H2,1H3. The van der Waals surface area contributed by atoms with Gasteiger partial charge in [-0.1, -0.05) is 18.5 Å². The zero-order valence-electron chi connectivity index (χ0n) is 10.6. The normalized spacial score (nSPS) is 16.4. The summed E-state index contributed by atoms with van der Waals surface area (Å²) in [6, 6.07) is 3.97. The van der Waals surface area contributed by atoms with Crippen LogP contribution in [0.5, 0.6) is 0 Å². The summed E-state index contributed by atoms with van der Waals surface area (Å²) < 4.78 is 0. The van der Waals surface area contributed by atoms with Crippen molar-refractivity contribution in [2.75, 3.05) is 13.1 Å². The second kappa shape index (κ2) is 5.57. The number of benzene rings is 1. The number of likely N-dealkylation sites (tertiary alicyclic amines) is 1. The monoisotopic (exact) mass is 282 g/mol. The fourth-order valence-corrected chi connectivity index (χ4v) is 2.43. The number of halogens is 1. The van der Waals surface area contributed by atoms with Crippen LogP contribution in [0.25, 0.3) is 0 Å². The van der Waals surface area contributed by atoms with Gasteiger partial charge in [0.1, 0.15) is 0 Å². The van der Waals surface area contributed by atoms with Gasteiger partial charge < -0.3 is 4.90 Å². The maximum absolute atomic E-state index is 12.3. The highest BCUT2D eigenvalue weighted by molar-refractivity contribution is 6.34. The smallest absolute Gasteiger partial charge is 0.270 e. The highest BCUT2D eigenvalue weighted by Gasteiger charge is 2.23. The number of carbonyl (C=O) groups excluding carboxylic acids is 1. The van der Waals surface area contributed by atoms with Crippen molar-refractivity contribution >= 4 is 23.2 Å². The van der Waals surface area contributed by atoms with E-state index in [4.69, 9.17) is 11.6 Å². The molecule has 2 rings (SSSR count). The van der Waals surface area contributed by atoms with E-state index in [1.807, 2.05) is 0 Å². The minimum atomic E-state index is -0.525. The Morgan fingerprint density at radius 3 is 2.58 bits per heavy atom. The van der Waals surface area contributed by atoms with E-state index >= 15 is 0 Å². The Morgan fingerprint density at radius 1 is 1.42 bits per heavy atom. The van der Waals surface area contributed by atoms with Gasteiger partial charge in [-0.15, -0.1) is 0 Å². The van der Waals surface area contributed by atoms with Crippen molar-refractivity contribution in [1.82, 2.24) is 4.90 Å². The van der Waals surface area contributed by atoms with Crippen molar-refractivity contribution in [1.29, 1.82) is 0 Å². The SMILES string of the molecule is CC1CCN(C(=O)c2ccc([N+](=O)[O-])cc2Cl)CC1. The third kappa shape index (κ3) is 3.04. The zero-order chi connectivity index (χ0) is 14.0. The Morgan fingerprint density at radius 2 is 2.05 bits per heavy atom. The average Bonchev–Trinajstić information content (AvgIpc) is 2.38. The summed E-state index contributed by atoms with van der Waals surface area (Å²) in [5, 5.41) is 10.8. The van der Waals surface area contributed by atoms with Crippen LogP contribution in [0.4, 0.5) is 5.69 Å². The summed E-state index contributed by atoms with van der Waals surface area (Å²) in [5.41, 5.74) is 0.232. The summed E-state index contributed by atoms with van der Waals surface area (Å²) in [4.78, 5) is 24.1. The lowest BCUT2D eigenvalue weighted by Crippen LogP contribution is -2.38. The molecule has 0 atom stereocenters. The Bertz CT molecular complexity index is 511. The first-order valence-corrected chi connectivity index (χ1v) is 6.60. The molecule has 1 aromatic carbocycles. The number of carbonyl (C=O) groups is 1. The Balaban J connectivity index is 2.17. The van der Waals surface area contributed by atoms with Gasteiger partial charge in [-0.3, -0.25) is 14.9 Å². The number of piperidine rings is 1. The third-order valence-corrected chi connectivity index (χ3v) is 3.78. The topological polar surface area (TPSA) is 63.5 Å². The summed E-state index contributed by atoms with van der Waals surface area (Å²) in [6.07, 6.45) is 1.96. The lowest BCUT2D eigenvalue weighted by atomic mass is 9.98. The molecule has 0 bridgehead atoms. The molecule has 1 amide bonds. The third-order valence-electron chi connectivity index (χ3n) is 3.46. The molecule has 0 N–H and O–H groups in total. The summed E-state index contributed by atoms with van der Waals surface area (Å²) in [7, 11) is 0. The molecule has 1 heterocycles. The molecule has 5 nitrogen and oxygen atoms in total. The average molecular weight is 283 g/mol. The molecule has 1 fully saturated rings. The molecule has 19 heavy (non-hydrogen) atoms. The Kier molecular flexibility index (Phi) is 4.04. The first kappa shape index (κ1) is 13.8. The van der Waals surface area contributed by atoms with E-state index < -0.39 is 4.92 Å². The van der Waals surface area contributed by atoms with Crippen molar-refractivity contribution in [3.05, 3.63) is 38.9 Å². The maximum atomic E-state index is 12.3. The van der Waals surface area contributed by atoms with Crippen LogP contribution < -0.4 is 0 Å². The molecule has 0 aliphatic carbocycles. The lowest BCUT2D eigenvalue weighted by Gasteiger charge is -2.30. The van der Waals surface area contributed by atoms with Gasteiger partial charge in [0.15, 0.2) is 0 Å². The van der Waals surface area contributed by atoms with Crippen molar-refractivity contribution < 1.29 is 9.72 Å². The van der Waals surface area contributed by atoms with E-state index in [0.29, 0.717) is 24.6 Å². The Hall–Kier alpha value is -1.62. The van der Waals surface area contributed by atoms with Gasteiger partial charge >= 0.3 is 0 Å². The van der Waals surface area contributed by atoms with Gasteiger partial charge in [-0.2, -0.15) is 0 Å². The zero-order valence-corrected chi connectivity index (χ0v) is 11.4. The van der Waals surface area contributed by atoms with E-state index in [1.54, 1.807) is 4.90 Å². The molecule has 1 aliphatic rings. The minimum absolute atomic E-state index is 0.103. The van der Waals surface area contributed by atoms with Crippen LogP contribution >= 0.6 is 11.6 Å². The number of nitrogens with zero attached hydrogens (tertiary/aromatic N) is 2. The summed E-state index contributed by atoms with van der Waals surface area (Å²) >= 11 is 5.96. The van der Waals surface area contributed by atoms with Crippen LogP contribution in [0.1, 0.15) is 30.1 Å². The predicted molar refractivity (Wildman–Crippen MR) is 72.4 cm³/mol. The van der Waals surface area contributed by atoms with Crippen molar-refractivity contribution in [3.8, 4) is 0 Å². The number of nitro groups is 1. The molecule has 1 saturated heterocycles. The number of non-ortho nitro benzene ring substituents is 1. The van der Waals surface area contributed by atoms with E-state index in [-0.39, 0.29) is 16.6 Å². The molecular weight excluding hydrogens is 268 g/mol. The van der Waals surface area contributed by atoms with Gasteiger partial charge in [-0.25, -0.2) is 0 Å². The van der Waals surface area contributed by atoms with Gasteiger partial charge in [0.2, 0.25) is 0 Å². The molecular formula is C13H15ClN2O3. The van der Waals surface area contributed by atoms with Crippen LogP contribution in [0.2, 0.25) is 5.02 Å². The molecule has 0 radical (unpaired) electrons. The van der Waals surface area contributed by atoms with Crippen LogP contribution in [-0.4, -0.2) is 28.8 Å². The van der Waals surface area contributed by atoms with Crippen molar-refractivity contribution in [3.63, 3.8) is 0 Å². The fourth-order valence-electron chi connectivity index (χ4n) is 2.17. The van der Waals surface area contributed by atoms with E-state index in [1.165, 1.54) is 18.2 Å². The maximum Gasteiger partial charge on any atom is 0.270 e. The number of nitro benzene ring substituents is 1. The van der Waals surface area contributed by atoms with Crippen LogP contribution in [0.15, 0.2) is 18.2 Å². The molecule has 1 aliphatic heterocycles. The van der Waals surface area contributed by atoms with E-state index in [2.05, 4.69) is 6.92 Å². The number of hydrogen-bond donors (Lipinski definition) is 0. The molecule has 6 heteroatoms. The van der Waals surface area contributed by atoms with E-state index in [0.717, 1.165) is 12.8 Å². The van der Waals surface area contributed by atoms with Gasteiger partial charge in [0, 0.05) is 25.2 Å². The minimum Gasteiger partial charge on any atom is -0.339 e. The van der Waals surface area contributed by atoms with Crippen LogP contribution in [0.3, 0.4) is 0 Å². The fraction of sp³-hybridized carbons (Fsp3) is 0.462. The summed E-state index contributed by atoms with van der Waals surface area (Å²) in [6.45, 7) is 3.60. The predicted octanol–water partition coefficient (Wildman–Crippen LogP) is 3.12. The Labute approximate surface area is 116 Å². The lowest BCUT2D eigenvalue weighted by molar-refractivity contribution is -0.384. The van der Waals surface area contributed by atoms with Gasteiger partial charge in [0.25, 0.3) is 11.6 Å². The molecule has 0 aromatic heterocycles. The van der Waals surface area contributed by atoms with Crippen LogP contribution in [0, 0.1) is 16.0 Å². The second-order valence-corrected chi connectivity index (χ2v) is 5.30. The summed E-state index contributed by atoms with van der Waals surface area (Å²) in [5.74, 6) is 0.489. The molecule has 0 spiro atoms. The van der Waals surface area contributed by atoms with Gasteiger partial charge in [-0.05, 0) is 24.8 Å². The van der Waals surface area contributed by atoms with Gasteiger partial charge in [0.05, 0.1) is 15.5 Å². The highest BCUT2D eigenvalue weighted by Crippen LogP contribution is 2.25. The number of rotatable bonds is 2. The van der Waals surface area contributed by atoms with E-state index in [9.17, 15) is 14.9 Å². The molecule has 0 saturated carbocycles. The first-order chi connectivity index (χ1) is 8.99. The number of hydrogen-bond acceptors (Lipinski definition) is 3. The van der Waals surface area contributed by atoms with Crippen LogP contribution in [-0.2, 0) is 0 Å². The second-order valence-electron chi connectivity index (χ2n) is 4.90.